The van der Waals surface area contributed by atoms with Crippen molar-refractivity contribution in [1.29, 1.82) is 0 Å². The van der Waals surface area contributed by atoms with Crippen LogP contribution in [0.25, 0.3) is 0 Å². The number of hydrogen-bond donors (Lipinski definition) is 1. The van der Waals surface area contributed by atoms with E-state index in [0.717, 1.165) is 56.0 Å². The van der Waals surface area contributed by atoms with E-state index < -0.39 is 0 Å². The second-order valence-electron chi connectivity index (χ2n) is 5.52. The van der Waals surface area contributed by atoms with Crippen LogP contribution in [0.1, 0.15) is 19.3 Å². The molecule has 2 aliphatic heterocycles. The fourth-order valence-electron chi connectivity index (χ4n) is 2.88. The minimum atomic E-state index is 0.0224. The summed E-state index contributed by atoms with van der Waals surface area (Å²) in [5, 5.41) is 3.33. The number of nitrogens with zero attached hydrogens (tertiary/aromatic N) is 4. The maximum absolute atomic E-state index is 12.4. The van der Waals surface area contributed by atoms with Crippen LogP contribution in [0.4, 0.5) is 5.95 Å². The van der Waals surface area contributed by atoms with E-state index in [1.54, 1.807) is 12.4 Å². The fraction of sp³-hybridized carbons (Fsp3) is 0.643. The number of aromatic nitrogens is 2. The van der Waals surface area contributed by atoms with Gasteiger partial charge in [0.2, 0.25) is 11.9 Å². The summed E-state index contributed by atoms with van der Waals surface area (Å²) < 4.78 is 0.878. The Kier molecular flexibility index (Phi) is 4.70. The van der Waals surface area contributed by atoms with Crippen LogP contribution >= 0.6 is 15.9 Å². The smallest absolute Gasteiger partial charge is 0.239 e. The molecule has 7 heteroatoms. The molecule has 0 radical (unpaired) electrons. The molecule has 1 amide bonds. The number of rotatable bonds is 2. The van der Waals surface area contributed by atoms with Gasteiger partial charge in [-0.15, -0.1) is 0 Å². The van der Waals surface area contributed by atoms with E-state index in [1.807, 2.05) is 4.90 Å². The molecule has 0 bridgehead atoms. The van der Waals surface area contributed by atoms with Crippen LogP contribution in [0, 0.1) is 0 Å². The summed E-state index contributed by atoms with van der Waals surface area (Å²) in [5.74, 6) is 0.993. The Morgan fingerprint density at radius 2 is 1.90 bits per heavy atom. The maximum atomic E-state index is 12.4. The SMILES string of the molecule is O=C(C1CCCCN1)N1CCN(c2ncc(Br)cn2)CC1. The average Bonchev–Trinajstić information content (AvgIpc) is 2.56. The zero-order valence-corrected chi connectivity index (χ0v) is 13.5. The monoisotopic (exact) mass is 353 g/mol. The molecule has 0 spiro atoms. The lowest BCUT2D eigenvalue weighted by Gasteiger charge is -2.37. The minimum absolute atomic E-state index is 0.0224. The molecule has 114 valence electrons. The Balaban J connectivity index is 1.54. The minimum Gasteiger partial charge on any atom is -0.338 e. The lowest BCUT2D eigenvalue weighted by molar-refractivity contribution is -0.134. The van der Waals surface area contributed by atoms with Gasteiger partial charge in [0.05, 0.1) is 10.5 Å². The Labute approximate surface area is 133 Å². The summed E-state index contributed by atoms with van der Waals surface area (Å²) in [4.78, 5) is 25.2. The highest BCUT2D eigenvalue weighted by Gasteiger charge is 2.28. The van der Waals surface area contributed by atoms with Gasteiger partial charge in [0.1, 0.15) is 0 Å². The van der Waals surface area contributed by atoms with E-state index in [4.69, 9.17) is 0 Å². The molecule has 2 saturated heterocycles. The largest absolute Gasteiger partial charge is 0.338 e. The van der Waals surface area contributed by atoms with Gasteiger partial charge in [0.15, 0.2) is 0 Å². The molecule has 3 heterocycles. The standard InChI is InChI=1S/C14H20BrN5O/c15-11-9-17-14(18-10-11)20-7-5-19(6-8-20)13(21)12-3-1-2-4-16-12/h9-10,12,16H,1-8H2. The number of carbonyl (C=O) groups is 1. The summed E-state index contributed by atoms with van der Waals surface area (Å²) in [6.45, 7) is 4.04. The van der Waals surface area contributed by atoms with Crippen molar-refractivity contribution >= 4 is 27.8 Å². The first-order valence-corrected chi connectivity index (χ1v) is 8.28. The molecule has 1 aromatic heterocycles. The van der Waals surface area contributed by atoms with Crippen LogP contribution in [0.15, 0.2) is 16.9 Å². The zero-order chi connectivity index (χ0) is 14.7. The van der Waals surface area contributed by atoms with Crippen LogP contribution in [-0.2, 0) is 4.79 Å². The highest BCUT2D eigenvalue weighted by molar-refractivity contribution is 9.10. The van der Waals surface area contributed by atoms with Crippen LogP contribution in [0.2, 0.25) is 0 Å². The maximum Gasteiger partial charge on any atom is 0.239 e. The molecule has 2 fully saturated rings. The van der Waals surface area contributed by atoms with Crippen LogP contribution in [0.5, 0.6) is 0 Å². The number of piperidine rings is 1. The number of carbonyl (C=O) groups excluding carboxylic acids is 1. The van der Waals surface area contributed by atoms with Gasteiger partial charge < -0.3 is 15.1 Å². The van der Waals surface area contributed by atoms with Crippen molar-refractivity contribution in [3.63, 3.8) is 0 Å². The summed E-state index contributed by atoms with van der Waals surface area (Å²) >= 11 is 3.34. The molecule has 0 aromatic carbocycles. The second kappa shape index (κ2) is 6.70. The normalized spacial score (nSPS) is 23.2. The van der Waals surface area contributed by atoms with Gasteiger partial charge in [-0.2, -0.15) is 0 Å². The van der Waals surface area contributed by atoms with Crippen LogP contribution in [-0.4, -0.2) is 59.5 Å². The van der Waals surface area contributed by atoms with E-state index in [9.17, 15) is 4.79 Å². The molecule has 1 atom stereocenters. The molecule has 0 saturated carbocycles. The topological polar surface area (TPSA) is 61.4 Å². The molecule has 6 nitrogen and oxygen atoms in total. The van der Waals surface area contributed by atoms with Gasteiger partial charge in [0.25, 0.3) is 0 Å². The van der Waals surface area contributed by atoms with Crippen molar-refractivity contribution in [3.05, 3.63) is 16.9 Å². The lowest BCUT2D eigenvalue weighted by Crippen LogP contribution is -2.55. The van der Waals surface area contributed by atoms with Crippen molar-refractivity contribution in [2.75, 3.05) is 37.6 Å². The highest BCUT2D eigenvalue weighted by Crippen LogP contribution is 2.15. The molecule has 1 unspecified atom stereocenters. The van der Waals surface area contributed by atoms with E-state index >= 15 is 0 Å². The molecular formula is C14H20BrN5O. The van der Waals surface area contributed by atoms with Crippen molar-refractivity contribution in [3.8, 4) is 0 Å². The van der Waals surface area contributed by atoms with Crippen molar-refractivity contribution in [1.82, 2.24) is 20.2 Å². The quantitative estimate of drug-likeness (QED) is 0.860. The van der Waals surface area contributed by atoms with Gasteiger partial charge >= 0.3 is 0 Å². The fourth-order valence-corrected chi connectivity index (χ4v) is 3.08. The Morgan fingerprint density at radius 1 is 1.19 bits per heavy atom. The first-order chi connectivity index (χ1) is 10.2. The Bertz CT molecular complexity index is 481. The predicted octanol–water partition coefficient (Wildman–Crippen LogP) is 1.03. The highest BCUT2D eigenvalue weighted by atomic mass is 79.9. The summed E-state index contributed by atoms with van der Waals surface area (Å²) in [5.41, 5.74) is 0. The van der Waals surface area contributed by atoms with E-state index in [-0.39, 0.29) is 11.9 Å². The van der Waals surface area contributed by atoms with Gasteiger partial charge in [-0.3, -0.25) is 4.79 Å². The molecule has 1 N–H and O–H groups in total. The summed E-state index contributed by atoms with van der Waals surface area (Å²) in [6, 6.07) is 0.0224. The molecule has 2 aliphatic rings. The third-order valence-electron chi connectivity index (χ3n) is 4.09. The average molecular weight is 354 g/mol. The molecule has 3 rings (SSSR count). The van der Waals surface area contributed by atoms with Crippen molar-refractivity contribution < 1.29 is 4.79 Å². The first kappa shape index (κ1) is 14.7. The molecule has 21 heavy (non-hydrogen) atoms. The summed E-state index contributed by atoms with van der Waals surface area (Å²) in [6.07, 6.45) is 6.81. The van der Waals surface area contributed by atoms with Crippen LogP contribution in [0.3, 0.4) is 0 Å². The number of hydrogen-bond acceptors (Lipinski definition) is 5. The third-order valence-corrected chi connectivity index (χ3v) is 4.50. The third kappa shape index (κ3) is 3.52. The number of nitrogens with one attached hydrogen (secondary N) is 1. The Hall–Kier alpha value is -1.21. The van der Waals surface area contributed by atoms with Gasteiger partial charge in [-0.05, 0) is 35.3 Å². The number of amides is 1. The molecule has 1 aromatic rings. The van der Waals surface area contributed by atoms with Crippen molar-refractivity contribution in [2.24, 2.45) is 0 Å². The van der Waals surface area contributed by atoms with E-state index in [1.165, 1.54) is 6.42 Å². The van der Waals surface area contributed by atoms with Crippen molar-refractivity contribution in [2.45, 2.75) is 25.3 Å². The predicted molar refractivity (Wildman–Crippen MR) is 84.2 cm³/mol. The first-order valence-electron chi connectivity index (χ1n) is 7.49. The lowest BCUT2D eigenvalue weighted by atomic mass is 10.0. The molecular weight excluding hydrogens is 334 g/mol. The zero-order valence-electron chi connectivity index (χ0n) is 12.0. The van der Waals surface area contributed by atoms with Gasteiger partial charge in [-0.25, -0.2) is 9.97 Å². The number of anilines is 1. The van der Waals surface area contributed by atoms with E-state index in [0.29, 0.717) is 0 Å². The summed E-state index contributed by atoms with van der Waals surface area (Å²) in [7, 11) is 0. The van der Waals surface area contributed by atoms with Gasteiger partial charge in [-0.1, -0.05) is 6.42 Å². The molecule has 0 aliphatic carbocycles. The number of halogens is 1. The number of piperazine rings is 1. The van der Waals surface area contributed by atoms with Crippen LogP contribution < -0.4 is 10.2 Å². The Morgan fingerprint density at radius 3 is 2.52 bits per heavy atom. The second-order valence-corrected chi connectivity index (χ2v) is 6.43. The van der Waals surface area contributed by atoms with E-state index in [2.05, 4.69) is 36.1 Å². The van der Waals surface area contributed by atoms with Gasteiger partial charge in [0, 0.05) is 38.6 Å².